The van der Waals surface area contributed by atoms with Gasteiger partial charge >= 0.3 is 0 Å². The third-order valence-electron chi connectivity index (χ3n) is 6.89. The highest BCUT2D eigenvalue weighted by atomic mass is 79.9. The Morgan fingerprint density at radius 3 is 2.50 bits per heavy atom. The quantitative estimate of drug-likeness (QED) is 0.105. The van der Waals surface area contributed by atoms with Gasteiger partial charge in [0.2, 0.25) is 5.91 Å². The number of hydrogen-bond donors (Lipinski definition) is 0. The normalized spacial score (nSPS) is 11.9. The van der Waals surface area contributed by atoms with Crippen LogP contribution in [0.2, 0.25) is 0 Å². The second kappa shape index (κ2) is 13.4. The highest BCUT2D eigenvalue weighted by Gasteiger charge is 2.27. The summed E-state index contributed by atoms with van der Waals surface area (Å²) in [7, 11) is 3.05. The molecule has 0 N–H and O–H groups in total. The summed E-state index contributed by atoms with van der Waals surface area (Å²) in [5.74, 6) is 1.02. The largest absolute Gasteiger partial charge is 0.497 e. The van der Waals surface area contributed by atoms with Crippen molar-refractivity contribution in [2.24, 2.45) is 0 Å². The molecule has 0 bridgehead atoms. The van der Waals surface area contributed by atoms with Gasteiger partial charge in [0.05, 0.1) is 46.2 Å². The lowest BCUT2D eigenvalue weighted by atomic mass is 10.1. The van der Waals surface area contributed by atoms with Gasteiger partial charge in [-0.2, -0.15) is 0 Å². The first kappa shape index (κ1) is 30.4. The van der Waals surface area contributed by atoms with Crippen molar-refractivity contribution < 1.29 is 19.2 Å². The van der Waals surface area contributed by atoms with Crippen molar-refractivity contribution in [1.29, 1.82) is 0 Å². The number of amides is 1. The monoisotopic (exact) mass is 634 g/mol. The van der Waals surface area contributed by atoms with Crippen LogP contribution in [0.1, 0.15) is 44.1 Å². The van der Waals surface area contributed by atoms with E-state index in [0.29, 0.717) is 50.5 Å². The molecule has 4 rings (SSSR count). The van der Waals surface area contributed by atoms with E-state index < -0.39 is 11.0 Å². The van der Waals surface area contributed by atoms with E-state index in [2.05, 4.69) is 15.9 Å². The summed E-state index contributed by atoms with van der Waals surface area (Å²) in [6.07, 6.45) is 4.62. The molecule has 0 fully saturated rings. The number of aromatic nitrogens is 2. The van der Waals surface area contributed by atoms with Crippen molar-refractivity contribution in [1.82, 2.24) is 14.5 Å². The minimum Gasteiger partial charge on any atom is -0.497 e. The molecule has 1 unspecified atom stereocenters. The fourth-order valence-electron chi connectivity index (χ4n) is 4.58. The van der Waals surface area contributed by atoms with Crippen LogP contribution in [0.25, 0.3) is 22.7 Å². The average molecular weight is 636 g/mol. The first-order valence-electron chi connectivity index (χ1n) is 13.4. The molecule has 4 aromatic rings. The van der Waals surface area contributed by atoms with Crippen LogP contribution in [0, 0.1) is 10.1 Å². The van der Waals surface area contributed by atoms with Crippen molar-refractivity contribution in [2.45, 2.75) is 32.7 Å². The highest BCUT2D eigenvalue weighted by molar-refractivity contribution is 9.10. The Morgan fingerprint density at radius 2 is 1.86 bits per heavy atom. The van der Waals surface area contributed by atoms with Gasteiger partial charge in [0.25, 0.3) is 11.2 Å². The van der Waals surface area contributed by atoms with Gasteiger partial charge in [0.1, 0.15) is 17.3 Å². The molecular formula is C31H31BrN4O6. The van der Waals surface area contributed by atoms with Crippen molar-refractivity contribution >= 4 is 44.5 Å². The number of non-ortho nitro benzene ring substituents is 1. The fraction of sp³-hybridized carbons (Fsp3) is 0.258. The number of unbranched alkanes of at least 4 members (excludes halogenated alkanes) is 1. The Kier molecular flexibility index (Phi) is 9.74. The standard InChI is InChI=1S/C31H31BrN4O6/c1-5-6-17-34(28(37)16-13-21-11-14-22(15-12-21)36(39)40)20(2)30-33-25-10-8-7-9-24(25)31(38)35(30)26-18-23(41-3)19-27(42-4)29(26)32/h7-16,18-20H,5-6,17H2,1-4H3/b16-13+. The number of halogens is 1. The Balaban J connectivity index is 1.85. The summed E-state index contributed by atoms with van der Waals surface area (Å²) < 4.78 is 13.0. The van der Waals surface area contributed by atoms with E-state index in [1.165, 1.54) is 37.0 Å². The Morgan fingerprint density at radius 1 is 1.14 bits per heavy atom. The lowest BCUT2D eigenvalue weighted by Crippen LogP contribution is -2.37. The topological polar surface area (TPSA) is 117 Å². The van der Waals surface area contributed by atoms with E-state index in [1.807, 2.05) is 19.9 Å². The smallest absolute Gasteiger partial charge is 0.269 e. The average Bonchev–Trinajstić information content (AvgIpc) is 3.00. The van der Waals surface area contributed by atoms with Crippen molar-refractivity contribution in [3.63, 3.8) is 0 Å². The van der Waals surface area contributed by atoms with E-state index in [0.717, 1.165) is 12.8 Å². The van der Waals surface area contributed by atoms with Gasteiger partial charge in [-0.3, -0.25) is 24.3 Å². The van der Waals surface area contributed by atoms with Crippen molar-refractivity contribution in [3.05, 3.63) is 103 Å². The molecule has 0 aliphatic rings. The van der Waals surface area contributed by atoms with Crippen LogP contribution in [0.5, 0.6) is 11.5 Å². The number of fused-ring (bicyclic) bond motifs is 1. The van der Waals surface area contributed by atoms with Gasteiger partial charge in [-0.15, -0.1) is 0 Å². The molecule has 0 spiro atoms. The van der Waals surface area contributed by atoms with Crippen LogP contribution in [-0.4, -0.2) is 46.0 Å². The number of hydrogen-bond acceptors (Lipinski definition) is 7. The van der Waals surface area contributed by atoms with Gasteiger partial charge in [0, 0.05) is 36.9 Å². The number of para-hydroxylation sites is 1. The maximum Gasteiger partial charge on any atom is 0.269 e. The molecule has 10 nitrogen and oxygen atoms in total. The third-order valence-corrected chi connectivity index (χ3v) is 7.69. The second-order valence-corrected chi connectivity index (χ2v) is 10.3. The molecule has 218 valence electrons. The molecule has 1 heterocycles. The first-order chi connectivity index (χ1) is 20.2. The van der Waals surface area contributed by atoms with E-state index in [4.69, 9.17) is 14.5 Å². The molecule has 11 heteroatoms. The minimum atomic E-state index is -0.619. The maximum absolute atomic E-state index is 14.1. The van der Waals surface area contributed by atoms with Crippen LogP contribution in [0.4, 0.5) is 5.69 Å². The van der Waals surface area contributed by atoms with Gasteiger partial charge in [-0.1, -0.05) is 25.5 Å². The number of nitro groups is 1. The van der Waals surface area contributed by atoms with Gasteiger partial charge in [-0.05, 0) is 65.2 Å². The van der Waals surface area contributed by atoms with Crippen LogP contribution < -0.4 is 15.0 Å². The van der Waals surface area contributed by atoms with E-state index in [-0.39, 0.29) is 17.2 Å². The van der Waals surface area contributed by atoms with Crippen LogP contribution in [0.15, 0.2) is 76.0 Å². The molecule has 1 atom stereocenters. The number of methoxy groups -OCH3 is 2. The number of carbonyl (C=O) groups is 1. The van der Waals surface area contributed by atoms with Gasteiger partial charge in [0.15, 0.2) is 0 Å². The summed E-state index contributed by atoms with van der Waals surface area (Å²) in [5, 5.41) is 11.4. The number of nitro benzene ring substituents is 1. The second-order valence-electron chi connectivity index (χ2n) is 9.53. The number of benzene rings is 3. The molecule has 42 heavy (non-hydrogen) atoms. The molecule has 0 aliphatic carbocycles. The summed E-state index contributed by atoms with van der Waals surface area (Å²) in [6, 6.07) is 15.8. The van der Waals surface area contributed by atoms with Crippen molar-refractivity contribution in [2.75, 3.05) is 20.8 Å². The van der Waals surface area contributed by atoms with Crippen LogP contribution in [-0.2, 0) is 4.79 Å². The molecule has 3 aromatic carbocycles. The predicted molar refractivity (Wildman–Crippen MR) is 165 cm³/mol. The zero-order chi connectivity index (χ0) is 30.4. The molecule has 1 amide bonds. The molecule has 0 aliphatic heterocycles. The molecule has 0 saturated carbocycles. The summed E-state index contributed by atoms with van der Waals surface area (Å²) in [5.41, 5.74) is 1.28. The number of rotatable bonds is 11. The van der Waals surface area contributed by atoms with E-state index >= 15 is 0 Å². The zero-order valence-electron chi connectivity index (χ0n) is 23.7. The molecule has 1 aromatic heterocycles. The van der Waals surface area contributed by atoms with Crippen LogP contribution >= 0.6 is 15.9 Å². The first-order valence-corrected chi connectivity index (χ1v) is 14.2. The summed E-state index contributed by atoms with van der Waals surface area (Å²) >= 11 is 3.59. The molecule has 0 radical (unpaired) electrons. The number of ether oxygens (including phenoxy) is 2. The third kappa shape index (κ3) is 6.36. The Hall–Kier alpha value is -4.51. The Labute approximate surface area is 251 Å². The number of nitrogens with zero attached hydrogens (tertiary/aromatic N) is 4. The highest BCUT2D eigenvalue weighted by Crippen LogP contribution is 2.37. The Bertz CT molecular complexity index is 1700. The summed E-state index contributed by atoms with van der Waals surface area (Å²) in [6.45, 7) is 4.29. The molecule has 0 saturated heterocycles. The zero-order valence-corrected chi connectivity index (χ0v) is 25.3. The van der Waals surface area contributed by atoms with Gasteiger partial charge in [-0.25, -0.2) is 4.98 Å². The van der Waals surface area contributed by atoms with Crippen molar-refractivity contribution in [3.8, 4) is 17.2 Å². The van der Waals surface area contributed by atoms with E-state index in [1.54, 1.807) is 53.4 Å². The maximum atomic E-state index is 14.1. The van der Waals surface area contributed by atoms with Crippen LogP contribution in [0.3, 0.4) is 0 Å². The van der Waals surface area contributed by atoms with Gasteiger partial charge < -0.3 is 14.4 Å². The molecular weight excluding hydrogens is 604 g/mol. The predicted octanol–water partition coefficient (Wildman–Crippen LogP) is 6.48. The fourth-order valence-corrected chi connectivity index (χ4v) is 5.15. The lowest BCUT2D eigenvalue weighted by Gasteiger charge is -2.30. The lowest BCUT2D eigenvalue weighted by molar-refractivity contribution is -0.384. The minimum absolute atomic E-state index is 0.0302. The summed E-state index contributed by atoms with van der Waals surface area (Å²) in [4.78, 5) is 44.8. The SMILES string of the molecule is CCCCN(C(=O)/C=C/c1ccc([N+](=O)[O-])cc1)C(C)c1nc2ccccc2c(=O)n1-c1cc(OC)cc(OC)c1Br. The van der Waals surface area contributed by atoms with E-state index in [9.17, 15) is 19.7 Å². The number of carbonyl (C=O) groups excluding carboxylic acids is 1.